The Morgan fingerprint density at radius 1 is 1.25 bits per heavy atom. The summed E-state index contributed by atoms with van der Waals surface area (Å²) >= 11 is 12.0. The van der Waals surface area contributed by atoms with E-state index in [9.17, 15) is 9.59 Å². The highest BCUT2D eigenvalue weighted by atomic mass is 35.5. The minimum atomic E-state index is -0.239. The summed E-state index contributed by atoms with van der Waals surface area (Å²) in [7, 11) is 0. The van der Waals surface area contributed by atoms with Crippen LogP contribution in [0.1, 0.15) is 29.6 Å². The van der Waals surface area contributed by atoms with Crippen LogP contribution in [0.2, 0.25) is 10.0 Å². The highest BCUT2D eigenvalue weighted by Gasteiger charge is 2.33. The number of nitrogens with zero attached hydrogens (tertiary/aromatic N) is 1. The van der Waals surface area contributed by atoms with Gasteiger partial charge in [-0.15, -0.1) is 0 Å². The summed E-state index contributed by atoms with van der Waals surface area (Å²) in [6.45, 7) is 2.98. The highest BCUT2D eigenvalue weighted by molar-refractivity contribution is 6.43. The van der Waals surface area contributed by atoms with Gasteiger partial charge in [0.25, 0.3) is 5.91 Å². The molecule has 1 aromatic rings. The van der Waals surface area contributed by atoms with E-state index in [1.165, 1.54) is 0 Å². The molecule has 2 N–H and O–H groups in total. The van der Waals surface area contributed by atoms with Gasteiger partial charge in [-0.1, -0.05) is 29.3 Å². The second-order valence-corrected chi connectivity index (χ2v) is 7.19. The predicted octanol–water partition coefficient (Wildman–Crippen LogP) is 2.32. The van der Waals surface area contributed by atoms with E-state index in [1.807, 2.05) is 4.90 Å². The Balaban J connectivity index is 1.50. The fourth-order valence-corrected chi connectivity index (χ4v) is 3.71. The van der Waals surface area contributed by atoms with Crippen molar-refractivity contribution in [2.24, 2.45) is 5.92 Å². The van der Waals surface area contributed by atoms with E-state index in [-0.39, 0.29) is 28.8 Å². The van der Waals surface area contributed by atoms with Crippen molar-refractivity contribution in [3.8, 4) is 0 Å². The number of hydrogen-bond donors (Lipinski definition) is 2. The maximum Gasteiger partial charge on any atom is 0.252 e. The third-order valence-corrected chi connectivity index (χ3v) is 5.50. The Morgan fingerprint density at radius 2 is 2.00 bits per heavy atom. The minimum absolute atomic E-state index is 0.125. The summed E-state index contributed by atoms with van der Waals surface area (Å²) in [6.07, 6.45) is 2.94. The minimum Gasteiger partial charge on any atom is -0.352 e. The second kappa shape index (κ2) is 7.72. The molecule has 2 aliphatic rings. The van der Waals surface area contributed by atoms with Crippen molar-refractivity contribution < 1.29 is 9.59 Å². The zero-order valence-electron chi connectivity index (χ0n) is 13.4. The molecule has 2 saturated heterocycles. The molecule has 5 nitrogen and oxygen atoms in total. The van der Waals surface area contributed by atoms with E-state index in [1.54, 1.807) is 18.2 Å². The molecule has 0 aliphatic carbocycles. The van der Waals surface area contributed by atoms with Gasteiger partial charge in [0.05, 0.1) is 21.7 Å². The first-order chi connectivity index (χ1) is 11.6. The molecule has 2 heterocycles. The van der Waals surface area contributed by atoms with Crippen LogP contribution in [-0.2, 0) is 4.79 Å². The van der Waals surface area contributed by atoms with Gasteiger partial charge in [0.15, 0.2) is 0 Å². The summed E-state index contributed by atoms with van der Waals surface area (Å²) in [5.41, 5.74) is 0.375. The van der Waals surface area contributed by atoms with Crippen molar-refractivity contribution >= 4 is 35.0 Å². The average molecular weight is 370 g/mol. The third kappa shape index (κ3) is 3.85. The van der Waals surface area contributed by atoms with Crippen LogP contribution in [-0.4, -0.2) is 48.9 Å². The van der Waals surface area contributed by atoms with Crippen molar-refractivity contribution in [3.05, 3.63) is 33.8 Å². The monoisotopic (exact) mass is 369 g/mol. The molecule has 0 aromatic heterocycles. The Hall–Kier alpha value is -1.30. The third-order valence-electron chi connectivity index (χ3n) is 4.69. The lowest BCUT2D eigenvalue weighted by atomic mass is 10.0. The second-order valence-electron chi connectivity index (χ2n) is 6.41. The molecule has 2 amide bonds. The summed E-state index contributed by atoms with van der Waals surface area (Å²) in [5.74, 6) is 0.194. The first kappa shape index (κ1) is 17.5. The molecule has 1 aromatic carbocycles. The lowest BCUT2D eigenvalue weighted by molar-refractivity contribution is -0.132. The normalized spacial score (nSPS) is 23.5. The van der Waals surface area contributed by atoms with Gasteiger partial charge >= 0.3 is 0 Å². The number of benzene rings is 1. The van der Waals surface area contributed by atoms with Gasteiger partial charge in [-0.25, -0.2) is 0 Å². The van der Waals surface area contributed by atoms with Crippen molar-refractivity contribution in [2.45, 2.75) is 25.3 Å². The molecule has 0 spiro atoms. The van der Waals surface area contributed by atoms with Crippen molar-refractivity contribution in [2.75, 3.05) is 26.2 Å². The highest BCUT2D eigenvalue weighted by Crippen LogP contribution is 2.25. The van der Waals surface area contributed by atoms with E-state index < -0.39 is 0 Å². The number of likely N-dealkylation sites (tertiary alicyclic amines) is 1. The first-order valence-electron chi connectivity index (χ1n) is 8.30. The van der Waals surface area contributed by atoms with Crippen LogP contribution in [0.5, 0.6) is 0 Å². The summed E-state index contributed by atoms with van der Waals surface area (Å²) in [6, 6.07) is 4.87. The van der Waals surface area contributed by atoms with Gasteiger partial charge in [0, 0.05) is 26.2 Å². The first-order valence-corrected chi connectivity index (χ1v) is 9.06. The molecule has 24 heavy (non-hydrogen) atoms. The molecule has 2 atom stereocenters. The lowest BCUT2D eigenvalue weighted by Crippen LogP contribution is -2.42. The van der Waals surface area contributed by atoms with E-state index in [0.717, 1.165) is 38.9 Å². The number of carbonyl (C=O) groups excluding carboxylic acids is 2. The Labute approximate surface area is 151 Å². The molecule has 0 saturated carbocycles. The SMILES string of the molecule is O=C(NC[C@@H]1CN[C@H](C(=O)N2CCCC2)C1)c1cccc(Cl)c1Cl. The largest absolute Gasteiger partial charge is 0.352 e. The quantitative estimate of drug-likeness (QED) is 0.855. The molecule has 2 fully saturated rings. The summed E-state index contributed by atoms with van der Waals surface area (Å²) < 4.78 is 0. The van der Waals surface area contributed by atoms with Crippen molar-refractivity contribution in [1.82, 2.24) is 15.5 Å². The van der Waals surface area contributed by atoms with Gasteiger partial charge in [-0.2, -0.15) is 0 Å². The number of amides is 2. The molecule has 7 heteroatoms. The van der Waals surface area contributed by atoms with Crippen molar-refractivity contribution in [1.29, 1.82) is 0 Å². The smallest absolute Gasteiger partial charge is 0.252 e. The summed E-state index contributed by atoms with van der Waals surface area (Å²) in [5, 5.41) is 6.80. The van der Waals surface area contributed by atoms with Gasteiger partial charge in [0.2, 0.25) is 5.91 Å². The van der Waals surface area contributed by atoms with Crippen LogP contribution >= 0.6 is 23.2 Å². The number of nitrogens with one attached hydrogen (secondary N) is 2. The van der Waals surface area contributed by atoms with Crippen LogP contribution < -0.4 is 10.6 Å². The number of halogens is 2. The maximum absolute atomic E-state index is 12.4. The molecular weight excluding hydrogens is 349 g/mol. The summed E-state index contributed by atoms with van der Waals surface area (Å²) in [4.78, 5) is 26.6. The van der Waals surface area contributed by atoms with Gasteiger partial charge < -0.3 is 15.5 Å². The Kier molecular flexibility index (Phi) is 5.64. The van der Waals surface area contributed by atoms with Crippen LogP contribution in [0, 0.1) is 5.92 Å². The van der Waals surface area contributed by atoms with Gasteiger partial charge in [-0.05, 0) is 37.3 Å². The number of rotatable bonds is 4. The predicted molar refractivity (Wildman–Crippen MR) is 94.5 cm³/mol. The molecule has 0 radical (unpaired) electrons. The average Bonchev–Trinajstić information content (AvgIpc) is 3.26. The van der Waals surface area contributed by atoms with Crippen molar-refractivity contribution in [3.63, 3.8) is 0 Å². The zero-order chi connectivity index (χ0) is 17.1. The molecular formula is C17H21Cl2N3O2. The Bertz CT molecular complexity index is 632. The van der Waals surface area contributed by atoms with Crippen LogP contribution in [0.15, 0.2) is 18.2 Å². The number of carbonyl (C=O) groups is 2. The van der Waals surface area contributed by atoms with Crippen LogP contribution in [0.25, 0.3) is 0 Å². The number of hydrogen-bond acceptors (Lipinski definition) is 3. The molecule has 0 unspecified atom stereocenters. The molecule has 0 bridgehead atoms. The van der Waals surface area contributed by atoms with E-state index in [0.29, 0.717) is 17.1 Å². The maximum atomic E-state index is 12.4. The molecule has 2 aliphatic heterocycles. The van der Waals surface area contributed by atoms with Crippen LogP contribution in [0.3, 0.4) is 0 Å². The standard InChI is InChI=1S/C17H21Cl2N3O2/c18-13-5-3-4-12(15(13)19)16(23)21-10-11-8-14(20-9-11)17(24)22-6-1-2-7-22/h3-5,11,14,20H,1-2,6-10H2,(H,21,23)/t11-,14-/m0/s1. The Morgan fingerprint density at radius 3 is 2.75 bits per heavy atom. The fourth-order valence-electron chi connectivity index (χ4n) is 3.32. The fraction of sp³-hybridized carbons (Fsp3) is 0.529. The van der Waals surface area contributed by atoms with E-state index in [2.05, 4.69) is 10.6 Å². The molecule has 3 rings (SSSR count). The zero-order valence-corrected chi connectivity index (χ0v) is 14.9. The van der Waals surface area contributed by atoms with E-state index in [4.69, 9.17) is 23.2 Å². The topological polar surface area (TPSA) is 61.4 Å². The van der Waals surface area contributed by atoms with Gasteiger partial charge in [0.1, 0.15) is 0 Å². The van der Waals surface area contributed by atoms with Gasteiger partial charge in [-0.3, -0.25) is 9.59 Å². The molecule has 130 valence electrons. The lowest BCUT2D eigenvalue weighted by Gasteiger charge is -2.20. The van der Waals surface area contributed by atoms with E-state index >= 15 is 0 Å². The van der Waals surface area contributed by atoms with Crippen LogP contribution in [0.4, 0.5) is 0 Å².